The Labute approximate surface area is 222 Å². The van der Waals surface area contributed by atoms with E-state index in [4.69, 9.17) is 11.6 Å². The van der Waals surface area contributed by atoms with E-state index >= 15 is 0 Å². The SMILES string of the molecule is C[C@@H]1CCCC(C(=O)CCC2Cc3nc(Cl)nc(N[C@H](C)c4cccc(C(F)F)c4F)c3C2)CCN1C. The van der Waals surface area contributed by atoms with Crippen molar-refractivity contribution in [3.63, 3.8) is 0 Å². The van der Waals surface area contributed by atoms with Crippen molar-refractivity contribution < 1.29 is 18.0 Å². The summed E-state index contributed by atoms with van der Waals surface area (Å²) < 4.78 is 41.0. The van der Waals surface area contributed by atoms with E-state index in [-0.39, 0.29) is 22.7 Å². The number of rotatable bonds is 8. The Morgan fingerprint density at radius 3 is 2.70 bits per heavy atom. The molecule has 4 rings (SSSR count). The smallest absolute Gasteiger partial charge is 0.266 e. The number of nitrogens with zero attached hydrogens (tertiary/aromatic N) is 3. The van der Waals surface area contributed by atoms with E-state index in [1.165, 1.54) is 12.1 Å². The number of halogens is 4. The zero-order chi connectivity index (χ0) is 26.7. The zero-order valence-electron chi connectivity index (χ0n) is 21.7. The van der Waals surface area contributed by atoms with E-state index in [1.807, 2.05) is 0 Å². The molecule has 0 spiro atoms. The molecule has 1 aliphatic heterocycles. The average molecular weight is 537 g/mol. The van der Waals surface area contributed by atoms with Gasteiger partial charge in [0, 0.05) is 29.5 Å². The first-order chi connectivity index (χ1) is 17.6. The molecule has 9 heteroatoms. The summed E-state index contributed by atoms with van der Waals surface area (Å²) in [6, 6.07) is 3.98. The maximum Gasteiger partial charge on any atom is 0.266 e. The lowest BCUT2D eigenvalue weighted by Crippen LogP contribution is -2.34. The third kappa shape index (κ3) is 6.63. The van der Waals surface area contributed by atoms with Crippen LogP contribution in [0.1, 0.15) is 87.2 Å². The highest BCUT2D eigenvalue weighted by atomic mass is 35.5. The summed E-state index contributed by atoms with van der Waals surface area (Å²) in [5.41, 5.74) is 1.25. The molecule has 1 fully saturated rings. The topological polar surface area (TPSA) is 58.1 Å². The lowest BCUT2D eigenvalue weighted by atomic mass is 9.87. The van der Waals surface area contributed by atoms with Crippen LogP contribution in [-0.4, -0.2) is 40.3 Å². The molecule has 202 valence electrons. The number of alkyl halides is 2. The summed E-state index contributed by atoms with van der Waals surface area (Å²) in [5.74, 6) is 0.308. The van der Waals surface area contributed by atoms with Gasteiger partial charge in [-0.15, -0.1) is 0 Å². The Hall–Kier alpha value is -2.19. The Bertz CT molecular complexity index is 1120. The molecule has 4 atom stereocenters. The molecule has 1 N–H and O–H groups in total. The van der Waals surface area contributed by atoms with Gasteiger partial charge in [-0.05, 0) is 83.5 Å². The second kappa shape index (κ2) is 12.1. The zero-order valence-corrected chi connectivity index (χ0v) is 22.5. The molecule has 2 heterocycles. The fourth-order valence-corrected chi connectivity index (χ4v) is 5.86. The van der Waals surface area contributed by atoms with Gasteiger partial charge in [-0.25, -0.2) is 23.1 Å². The van der Waals surface area contributed by atoms with Crippen LogP contribution in [0, 0.1) is 17.7 Å². The second-order valence-corrected chi connectivity index (χ2v) is 11.0. The number of fused-ring (bicyclic) bond motifs is 1. The van der Waals surface area contributed by atoms with Gasteiger partial charge in [-0.3, -0.25) is 4.79 Å². The van der Waals surface area contributed by atoms with E-state index in [2.05, 4.69) is 34.2 Å². The van der Waals surface area contributed by atoms with Gasteiger partial charge in [-0.2, -0.15) is 0 Å². The summed E-state index contributed by atoms with van der Waals surface area (Å²) in [6.07, 6.45) is 3.93. The van der Waals surface area contributed by atoms with Crippen LogP contribution < -0.4 is 5.32 Å². The Morgan fingerprint density at radius 1 is 1.19 bits per heavy atom. The van der Waals surface area contributed by atoms with Gasteiger partial charge in [0.1, 0.15) is 17.4 Å². The number of Topliss-reactive ketones (excluding diaryl/α,β-unsaturated/α-hetero) is 1. The number of nitrogens with one attached hydrogen (secondary N) is 1. The number of aromatic nitrogens is 2. The fraction of sp³-hybridized carbons (Fsp3) is 0.607. The first-order valence-electron chi connectivity index (χ1n) is 13.2. The minimum absolute atomic E-state index is 0.0832. The number of hydrogen-bond acceptors (Lipinski definition) is 5. The van der Waals surface area contributed by atoms with Crippen LogP contribution in [0.2, 0.25) is 5.28 Å². The Kier molecular flexibility index (Phi) is 9.11. The summed E-state index contributed by atoms with van der Waals surface area (Å²) in [5, 5.41) is 3.26. The molecule has 0 bridgehead atoms. The van der Waals surface area contributed by atoms with E-state index in [9.17, 15) is 18.0 Å². The molecule has 0 saturated carbocycles. The highest BCUT2D eigenvalue weighted by Gasteiger charge is 2.30. The predicted molar refractivity (Wildman–Crippen MR) is 140 cm³/mol. The van der Waals surface area contributed by atoms with E-state index in [0.717, 1.165) is 56.0 Å². The van der Waals surface area contributed by atoms with Gasteiger partial charge in [0.2, 0.25) is 5.28 Å². The summed E-state index contributed by atoms with van der Waals surface area (Å²) in [6.45, 7) is 4.90. The minimum Gasteiger partial charge on any atom is -0.363 e. The van der Waals surface area contributed by atoms with Crippen LogP contribution in [0.25, 0.3) is 0 Å². The minimum atomic E-state index is -2.89. The Morgan fingerprint density at radius 2 is 1.95 bits per heavy atom. The standard InChI is InChI=1S/C28H36ClF3N4O/c1-16-6-4-7-19(12-13-36(16)3)24(37)11-10-18-14-22-23(15-18)34-28(29)35-27(22)33-17(2)20-8-5-9-21(25(20)30)26(31)32/h5,8-9,16-19,26H,4,6-7,10-15H2,1-3H3,(H,33,34,35)/t16-,17-,18?,19?/m1/s1. The van der Waals surface area contributed by atoms with Crippen LogP contribution >= 0.6 is 11.6 Å². The van der Waals surface area contributed by atoms with Crippen molar-refractivity contribution in [1.29, 1.82) is 0 Å². The summed E-state index contributed by atoms with van der Waals surface area (Å²) in [4.78, 5) is 24.1. The van der Waals surface area contributed by atoms with Gasteiger partial charge < -0.3 is 10.2 Å². The number of benzene rings is 1. The molecule has 0 radical (unpaired) electrons. The molecule has 1 aromatic carbocycles. The quantitative estimate of drug-likeness (QED) is 0.370. The van der Waals surface area contributed by atoms with Gasteiger partial charge in [0.05, 0.1) is 17.3 Å². The highest BCUT2D eigenvalue weighted by molar-refractivity contribution is 6.28. The highest BCUT2D eigenvalue weighted by Crippen LogP contribution is 2.36. The van der Waals surface area contributed by atoms with E-state index < -0.39 is 23.8 Å². The number of carbonyl (C=O) groups excluding carboxylic acids is 1. The monoisotopic (exact) mass is 536 g/mol. The second-order valence-electron chi connectivity index (χ2n) is 10.7. The predicted octanol–water partition coefficient (Wildman–Crippen LogP) is 6.95. The van der Waals surface area contributed by atoms with Crippen molar-refractivity contribution >= 4 is 23.2 Å². The average Bonchev–Trinajstić information content (AvgIpc) is 3.26. The third-order valence-corrected chi connectivity index (χ3v) is 8.33. The van der Waals surface area contributed by atoms with Crippen LogP contribution in [0.3, 0.4) is 0 Å². The molecule has 1 saturated heterocycles. The molecule has 1 aromatic heterocycles. The van der Waals surface area contributed by atoms with Gasteiger partial charge in [-0.1, -0.05) is 24.6 Å². The largest absolute Gasteiger partial charge is 0.363 e. The van der Waals surface area contributed by atoms with Gasteiger partial charge in [0.25, 0.3) is 6.43 Å². The number of likely N-dealkylation sites (tertiary alicyclic amines) is 1. The van der Waals surface area contributed by atoms with Crippen molar-refractivity contribution in [2.75, 3.05) is 18.9 Å². The molecule has 37 heavy (non-hydrogen) atoms. The van der Waals surface area contributed by atoms with Crippen molar-refractivity contribution in [3.05, 3.63) is 51.7 Å². The molecule has 2 unspecified atom stereocenters. The molecule has 5 nitrogen and oxygen atoms in total. The fourth-order valence-electron chi connectivity index (χ4n) is 5.67. The summed E-state index contributed by atoms with van der Waals surface area (Å²) >= 11 is 6.19. The molecule has 2 aromatic rings. The third-order valence-electron chi connectivity index (χ3n) is 8.17. The first kappa shape index (κ1) is 27.8. The molecule has 2 aliphatic rings. The van der Waals surface area contributed by atoms with Crippen molar-refractivity contribution in [2.45, 2.75) is 83.7 Å². The number of anilines is 1. The number of hydrogen-bond donors (Lipinski definition) is 1. The van der Waals surface area contributed by atoms with Crippen molar-refractivity contribution in [3.8, 4) is 0 Å². The lowest BCUT2D eigenvalue weighted by Gasteiger charge is -2.30. The Balaban J connectivity index is 1.39. The number of carbonyl (C=O) groups is 1. The van der Waals surface area contributed by atoms with Gasteiger partial charge in [0.15, 0.2) is 0 Å². The van der Waals surface area contributed by atoms with Crippen molar-refractivity contribution in [2.24, 2.45) is 11.8 Å². The lowest BCUT2D eigenvalue weighted by molar-refractivity contribution is -0.124. The van der Waals surface area contributed by atoms with Crippen molar-refractivity contribution in [1.82, 2.24) is 14.9 Å². The maximum atomic E-state index is 14.7. The van der Waals surface area contributed by atoms with Crippen LogP contribution in [0.15, 0.2) is 18.2 Å². The van der Waals surface area contributed by atoms with E-state index in [1.54, 1.807) is 6.92 Å². The van der Waals surface area contributed by atoms with Crippen LogP contribution in [0.5, 0.6) is 0 Å². The number of ketones is 1. The molecule has 0 amide bonds. The maximum absolute atomic E-state index is 14.7. The molecule has 1 aliphatic carbocycles. The van der Waals surface area contributed by atoms with Gasteiger partial charge >= 0.3 is 0 Å². The summed E-state index contributed by atoms with van der Waals surface area (Å²) in [7, 11) is 2.13. The van der Waals surface area contributed by atoms with E-state index in [0.29, 0.717) is 36.9 Å². The van der Waals surface area contributed by atoms with Crippen LogP contribution in [0.4, 0.5) is 19.0 Å². The van der Waals surface area contributed by atoms with Crippen LogP contribution in [-0.2, 0) is 17.6 Å². The molecular weight excluding hydrogens is 501 g/mol. The molecular formula is C28H36ClF3N4O. The first-order valence-corrected chi connectivity index (χ1v) is 13.6. The normalized spacial score (nSPS) is 23.4.